The SMILES string of the molecule is COc1cccc(NC(=O)c2cn(CCNCc3cccn3C)nn2)c1. The van der Waals surface area contributed by atoms with E-state index in [4.69, 9.17) is 4.74 Å². The van der Waals surface area contributed by atoms with Crippen LogP contribution in [0, 0.1) is 0 Å². The zero-order chi connectivity index (χ0) is 18.4. The molecule has 0 saturated carbocycles. The second-order valence-corrected chi connectivity index (χ2v) is 5.84. The summed E-state index contributed by atoms with van der Waals surface area (Å²) in [7, 11) is 3.60. The van der Waals surface area contributed by atoms with E-state index >= 15 is 0 Å². The smallest absolute Gasteiger partial charge is 0.277 e. The Morgan fingerprint density at radius 2 is 2.15 bits per heavy atom. The molecule has 0 bridgehead atoms. The second-order valence-electron chi connectivity index (χ2n) is 5.84. The number of carbonyl (C=O) groups is 1. The maximum atomic E-state index is 12.3. The van der Waals surface area contributed by atoms with Crippen molar-refractivity contribution in [3.8, 4) is 5.75 Å². The van der Waals surface area contributed by atoms with E-state index in [0.29, 0.717) is 18.0 Å². The summed E-state index contributed by atoms with van der Waals surface area (Å²) in [6.45, 7) is 2.14. The Bertz CT molecular complexity index is 870. The normalized spacial score (nSPS) is 10.7. The number of ether oxygens (including phenoxy) is 1. The lowest BCUT2D eigenvalue weighted by atomic mass is 10.3. The van der Waals surface area contributed by atoms with Gasteiger partial charge in [0.25, 0.3) is 5.91 Å². The van der Waals surface area contributed by atoms with E-state index in [0.717, 1.165) is 13.1 Å². The van der Waals surface area contributed by atoms with Gasteiger partial charge in [0.05, 0.1) is 19.9 Å². The van der Waals surface area contributed by atoms with Crippen molar-refractivity contribution in [3.63, 3.8) is 0 Å². The van der Waals surface area contributed by atoms with Crippen molar-refractivity contribution in [2.75, 3.05) is 19.0 Å². The van der Waals surface area contributed by atoms with Crippen LogP contribution in [-0.2, 0) is 20.1 Å². The van der Waals surface area contributed by atoms with Crippen molar-refractivity contribution in [2.45, 2.75) is 13.1 Å². The van der Waals surface area contributed by atoms with Crippen molar-refractivity contribution in [3.05, 3.63) is 60.2 Å². The van der Waals surface area contributed by atoms with Gasteiger partial charge in [0.15, 0.2) is 5.69 Å². The van der Waals surface area contributed by atoms with E-state index < -0.39 is 0 Å². The third-order valence-corrected chi connectivity index (χ3v) is 3.97. The number of aryl methyl sites for hydroxylation is 1. The van der Waals surface area contributed by atoms with Crippen LogP contribution < -0.4 is 15.4 Å². The summed E-state index contributed by atoms with van der Waals surface area (Å²) in [5.74, 6) is 0.372. The van der Waals surface area contributed by atoms with Crippen LogP contribution in [0.3, 0.4) is 0 Å². The average Bonchev–Trinajstić information content (AvgIpc) is 3.28. The van der Waals surface area contributed by atoms with Crippen LogP contribution in [0.25, 0.3) is 0 Å². The van der Waals surface area contributed by atoms with Gasteiger partial charge in [0.2, 0.25) is 0 Å². The zero-order valence-corrected chi connectivity index (χ0v) is 14.8. The number of nitrogens with one attached hydrogen (secondary N) is 2. The Kier molecular flexibility index (Phi) is 5.65. The van der Waals surface area contributed by atoms with Gasteiger partial charge in [-0.15, -0.1) is 5.10 Å². The van der Waals surface area contributed by atoms with Crippen LogP contribution in [0.4, 0.5) is 5.69 Å². The van der Waals surface area contributed by atoms with E-state index in [2.05, 4.69) is 31.6 Å². The minimum absolute atomic E-state index is 0.273. The van der Waals surface area contributed by atoms with Crippen LogP contribution in [-0.4, -0.2) is 39.1 Å². The van der Waals surface area contributed by atoms with E-state index in [1.807, 2.05) is 31.4 Å². The number of carbonyl (C=O) groups excluding carboxylic acids is 1. The van der Waals surface area contributed by atoms with Gasteiger partial charge in [-0.05, 0) is 24.3 Å². The topological polar surface area (TPSA) is 86.0 Å². The molecule has 0 aliphatic rings. The third-order valence-electron chi connectivity index (χ3n) is 3.97. The Morgan fingerprint density at radius 1 is 1.27 bits per heavy atom. The molecule has 8 heteroatoms. The summed E-state index contributed by atoms with van der Waals surface area (Å²) in [5, 5.41) is 14.1. The Labute approximate surface area is 151 Å². The number of hydrogen-bond acceptors (Lipinski definition) is 5. The first-order chi connectivity index (χ1) is 12.7. The summed E-state index contributed by atoms with van der Waals surface area (Å²) in [4.78, 5) is 12.3. The van der Waals surface area contributed by atoms with Gasteiger partial charge in [-0.3, -0.25) is 9.48 Å². The minimum atomic E-state index is -0.304. The number of rotatable bonds is 8. The van der Waals surface area contributed by atoms with Gasteiger partial charge in [-0.2, -0.15) is 0 Å². The average molecular weight is 354 g/mol. The van der Waals surface area contributed by atoms with Gasteiger partial charge >= 0.3 is 0 Å². The molecule has 0 aliphatic heterocycles. The van der Waals surface area contributed by atoms with Crippen molar-refractivity contribution >= 4 is 11.6 Å². The molecule has 0 saturated heterocycles. The lowest BCUT2D eigenvalue weighted by Crippen LogP contribution is -2.21. The van der Waals surface area contributed by atoms with Crippen molar-refractivity contribution in [2.24, 2.45) is 7.05 Å². The van der Waals surface area contributed by atoms with Gasteiger partial charge < -0.3 is 19.9 Å². The van der Waals surface area contributed by atoms with Gasteiger partial charge in [0, 0.05) is 43.8 Å². The maximum absolute atomic E-state index is 12.3. The molecule has 2 heterocycles. The summed E-state index contributed by atoms with van der Waals surface area (Å²) in [5.41, 5.74) is 2.13. The molecule has 26 heavy (non-hydrogen) atoms. The van der Waals surface area contributed by atoms with E-state index in [1.165, 1.54) is 5.69 Å². The highest BCUT2D eigenvalue weighted by Gasteiger charge is 2.11. The van der Waals surface area contributed by atoms with Crippen LogP contribution in [0.2, 0.25) is 0 Å². The maximum Gasteiger partial charge on any atom is 0.277 e. The fourth-order valence-corrected chi connectivity index (χ4v) is 2.50. The molecular formula is C18H22N6O2. The number of hydrogen-bond donors (Lipinski definition) is 2. The first-order valence-corrected chi connectivity index (χ1v) is 8.32. The number of benzene rings is 1. The Morgan fingerprint density at radius 3 is 2.92 bits per heavy atom. The lowest BCUT2D eigenvalue weighted by molar-refractivity contribution is 0.102. The quantitative estimate of drug-likeness (QED) is 0.601. The van der Waals surface area contributed by atoms with Crippen molar-refractivity contribution in [1.29, 1.82) is 0 Å². The molecule has 0 fully saturated rings. The summed E-state index contributed by atoms with van der Waals surface area (Å²) in [6.07, 6.45) is 3.65. The van der Waals surface area contributed by atoms with Gasteiger partial charge in [0.1, 0.15) is 5.75 Å². The van der Waals surface area contributed by atoms with Crippen LogP contribution in [0.5, 0.6) is 5.75 Å². The van der Waals surface area contributed by atoms with Crippen molar-refractivity contribution in [1.82, 2.24) is 24.9 Å². The third kappa shape index (κ3) is 4.48. The van der Waals surface area contributed by atoms with Gasteiger partial charge in [-0.25, -0.2) is 0 Å². The first-order valence-electron chi connectivity index (χ1n) is 8.32. The number of amides is 1. The summed E-state index contributed by atoms with van der Waals surface area (Å²) in [6, 6.07) is 11.2. The fourth-order valence-electron chi connectivity index (χ4n) is 2.50. The number of aromatic nitrogens is 4. The molecule has 0 aliphatic carbocycles. The lowest BCUT2D eigenvalue weighted by Gasteiger charge is -2.06. The number of anilines is 1. The number of nitrogens with zero attached hydrogens (tertiary/aromatic N) is 4. The Balaban J connectivity index is 1.49. The fraction of sp³-hybridized carbons (Fsp3) is 0.278. The van der Waals surface area contributed by atoms with E-state index in [9.17, 15) is 4.79 Å². The minimum Gasteiger partial charge on any atom is -0.497 e. The van der Waals surface area contributed by atoms with Crippen LogP contribution >= 0.6 is 0 Å². The molecular weight excluding hydrogens is 332 g/mol. The van der Waals surface area contributed by atoms with Crippen LogP contribution in [0.1, 0.15) is 16.2 Å². The van der Waals surface area contributed by atoms with E-state index in [1.54, 1.807) is 30.1 Å². The largest absolute Gasteiger partial charge is 0.497 e. The predicted octanol–water partition coefficient (Wildman–Crippen LogP) is 1.67. The second kappa shape index (κ2) is 8.30. The zero-order valence-electron chi connectivity index (χ0n) is 14.8. The molecule has 3 rings (SSSR count). The first kappa shape index (κ1) is 17.7. The highest BCUT2D eigenvalue weighted by atomic mass is 16.5. The summed E-state index contributed by atoms with van der Waals surface area (Å²) >= 11 is 0. The highest BCUT2D eigenvalue weighted by molar-refractivity contribution is 6.02. The van der Waals surface area contributed by atoms with E-state index in [-0.39, 0.29) is 11.6 Å². The molecule has 0 spiro atoms. The molecule has 2 aromatic heterocycles. The van der Waals surface area contributed by atoms with Crippen LogP contribution in [0.15, 0.2) is 48.8 Å². The highest BCUT2D eigenvalue weighted by Crippen LogP contribution is 2.17. The standard InChI is InChI=1S/C18H22N6O2/c1-23-9-4-6-15(23)12-19-8-10-24-13-17(21-22-24)18(25)20-14-5-3-7-16(11-14)26-2/h3-7,9,11,13,19H,8,10,12H2,1-2H3,(H,20,25). The van der Waals surface area contributed by atoms with Gasteiger partial charge in [-0.1, -0.05) is 11.3 Å². The van der Waals surface area contributed by atoms with Crippen molar-refractivity contribution < 1.29 is 9.53 Å². The predicted molar refractivity (Wildman–Crippen MR) is 98.1 cm³/mol. The molecule has 1 aromatic carbocycles. The monoisotopic (exact) mass is 354 g/mol. The molecule has 2 N–H and O–H groups in total. The molecule has 0 radical (unpaired) electrons. The number of methoxy groups -OCH3 is 1. The molecule has 0 atom stereocenters. The molecule has 1 amide bonds. The summed E-state index contributed by atoms with van der Waals surface area (Å²) < 4.78 is 8.87. The molecule has 136 valence electrons. The molecule has 0 unspecified atom stereocenters. The molecule has 8 nitrogen and oxygen atoms in total. The molecule has 3 aromatic rings. The Hall–Kier alpha value is -3.13.